The second kappa shape index (κ2) is 6.04. The van der Waals surface area contributed by atoms with Crippen LogP contribution in [0.3, 0.4) is 0 Å². The maximum Gasteiger partial charge on any atom is 0.149 e. The Kier molecular flexibility index (Phi) is 5.65. The first-order valence-corrected chi connectivity index (χ1v) is 3.94. The van der Waals surface area contributed by atoms with Gasteiger partial charge in [-0.1, -0.05) is 6.92 Å². The van der Waals surface area contributed by atoms with Crippen molar-refractivity contribution in [1.29, 1.82) is 0 Å². The Balaban J connectivity index is 3.43. The first kappa shape index (κ1) is 10.3. The first-order chi connectivity index (χ1) is 5.22. The second-order valence-corrected chi connectivity index (χ2v) is 2.54. The van der Waals surface area contributed by atoms with Crippen LogP contribution in [-0.4, -0.2) is 18.1 Å². The van der Waals surface area contributed by atoms with Gasteiger partial charge in [0.2, 0.25) is 0 Å². The van der Waals surface area contributed by atoms with Crippen molar-refractivity contribution in [2.24, 2.45) is 5.73 Å². The van der Waals surface area contributed by atoms with Crippen molar-refractivity contribution < 1.29 is 9.59 Å². The molecule has 3 nitrogen and oxygen atoms in total. The van der Waals surface area contributed by atoms with E-state index >= 15 is 0 Å². The molecule has 0 radical (unpaired) electrons. The molecule has 0 aliphatic carbocycles. The summed E-state index contributed by atoms with van der Waals surface area (Å²) in [6, 6.07) is -0.332. The number of aldehydes is 1. The Bertz CT molecular complexity index is 134. The van der Waals surface area contributed by atoms with Gasteiger partial charge in [-0.25, -0.2) is 0 Å². The molecule has 0 fully saturated rings. The van der Waals surface area contributed by atoms with E-state index in [1.54, 1.807) is 0 Å². The lowest BCUT2D eigenvalue weighted by Gasteiger charge is -2.05. The third kappa shape index (κ3) is 4.67. The molecule has 0 amide bonds. The van der Waals surface area contributed by atoms with Crippen LogP contribution in [0, 0.1) is 0 Å². The molecule has 64 valence electrons. The Morgan fingerprint density at radius 2 is 2.27 bits per heavy atom. The molecule has 1 atom stereocenters. The normalized spacial score (nSPS) is 12.5. The minimum Gasteiger partial charge on any atom is -0.322 e. The molecule has 0 rings (SSSR count). The minimum absolute atomic E-state index is 0.0642. The third-order valence-electron chi connectivity index (χ3n) is 1.60. The zero-order valence-electron chi connectivity index (χ0n) is 6.88. The zero-order chi connectivity index (χ0) is 8.69. The number of carbonyl (C=O) groups excluding carboxylic acids is 2. The number of hydrogen-bond donors (Lipinski definition) is 1. The van der Waals surface area contributed by atoms with Crippen molar-refractivity contribution in [3.8, 4) is 0 Å². The van der Waals surface area contributed by atoms with E-state index in [9.17, 15) is 9.59 Å². The number of unbranched alkanes of at least 4 members (excludes halogenated alkanes) is 1. The maximum atomic E-state index is 11.0. The SMILES string of the molecule is CCC(N)C(=O)CCCC=O. The van der Waals surface area contributed by atoms with Crippen molar-refractivity contribution in [2.45, 2.75) is 38.6 Å². The molecule has 0 spiro atoms. The largest absolute Gasteiger partial charge is 0.322 e. The molecular formula is C8H15NO2. The van der Waals surface area contributed by atoms with Crippen molar-refractivity contribution in [1.82, 2.24) is 0 Å². The fraction of sp³-hybridized carbons (Fsp3) is 0.750. The molecule has 0 aromatic rings. The standard InChI is InChI=1S/C8H15NO2/c1-2-7(9)8(11)5-3-4-6-10/h6-7H,2-5,9H2,1H3. The van der Waals surface area contributed by atoms with Gasteiger partial charge in [-0.05, 0) is 12.8 Å². The molecule has 0 saturated heterocycles. The van der Waals surface area contributed by atoms with Gasteiger partial charge in [0.15, 0.2) is 0 Å². The summed E-state index contributed by atoms with van der Waals surface area (Å²) in [6.07, 6.45) is 3.04. The van der Waals surface area contributed by atoms with Crippen molar-refractivity contribution in [3.63, 3.8) is 0 Å². The predicted octanol–water partition coefficient (Wildman–Crippen LogP) is 0.662. The van der Waals surface area contributed by atoms with E-state index < -0.39 is 0 Å². The number of rotatable bonds is 6. The highest BCUT2D eigenvalue weighted by molar-refractivity contribution is 5.83. The van der Waals surface area contributed by atoms with Gasteiger partial charge in [0.1, 0.15) is 12.1 Å². The monoisotopic (exact) mass is 157 g/mol. The van der Waals surface area contributed by atoms with Gasteiger partial charge in [0.05, 0.1) is 6.04 Å². The average Bonchev–Trinajstić information content (AvgIpc) is 2.03. The summed E-state index contributed by atoms with van der Waals surface area (Å²) in [7, 11) is 0. The quantitative estimate of drug-likeness (QED) is 0.455. The molecule has 0 bridgehead atoms. The molecule has 0 aromatic heterocycles. The van der Waals surface area contributed by atoms with Gasteiger partial charge in [-0.3, -0.25) is 4.79 Å². The molecule has 11 heavy (non-hydrogen) atoms. The summed E-state index contributed by atoms with van der Waals surface area (Å²) in [4.78, 5) is 20.9. The lowest BCUT2D eigenvalue weighted by Crippen LogP contribution is -2.29. The van der Waals surface area contributed by atoms with E-state index in [1.807, 2.05) is 6.92 Å². The van der Waals surface area contributed by atoms with E-state index in [0.29, 0.717) is 25.7 Å². The molecule has 0 saturated carbocycles. The summed E-state index contributed by atoms with van der Waals surface area (Å²) in [6.45, 7) is 1.88. The first-order valence-electron chi connectivity index (χ1n) is 3.94. The highest BCUT2D eigenvalue weighted by Crippen LogP contribution is 1.98. The van der Waals surface area contributed by atoms with Gasteiger partial charge < -0.3 is 10.5 Å². The summed E-state index contributed by atoms with van der Waals surface area (Å²) in [5.41, 5.74) is 5.46. The second-order valence-electron chi connectivity index (χ2n) is 2.54. The topological polar surface area (TPSA) is 60.2 Å². The molecule has 3 heteroatoms. The van der Waals surface area contributed by atoms with Crippen LogP contribution < -0.4 is 5.73 Å². The van der Waals surface area contributed by atoms with Crippen LogP contribution in [0.4, 0.5) is 0 Å². The van der Waals surface area contributed by atoms with Gasteiger partial charge in [-0.2, -0.15) is 0 Å². The molecule has 1 unspecified atom stereocenters. The van der Waals surface area contributed by atoms with Crippen LogP contribution in [0.2, 0.25) is 0 Å². The predicted molar refractivity (Wildman–Crippen MR) is 43.2 cm³/mol. The van der Waals surface area contributed by atoms with Gasteiger partial charge in [-0.15, -0.1) is 0 Å². The van der Waals surface area contributed by atoms with Crippen LogP contribution in [0.5, 0.6) is 0 Å². The van der Waals surface area contributed by atoms with E-state index in [2.05, 4.69) is 0 Å². The Hall–Kier alpha value is -0.700. The number of Topliss-reactive ketones (excluding diaryl/α,β-unsaturated/α-hetero) is 1. The van der Waals surface area contributed by atoms with Crippen molar-refractivity contribution >= 4 is 12.1 Å². The fourth-order valence-electron chi connectivity index (χ4n) is 0.773. The summed E-state index contributed by atoms with van der Waals surface area (Å²) in [5.74, 6) is 0.0642. The lowest BCUT2D eigenvalue weighted by atomic mass is 10.1. The lowest BCUT2D eigenvalue weighted by molar-refractivity contribution is -0.120. The highest BCUT2D eigenvalue weighted by Gasteiger charge is 2.09. The number of nitrogens with two attached hydrogens (primary N) is 1. The molecule has 0 aliphatic rings. The third-order valence-corrected chi connectivity index (χ3v) is 1.60. The van der Waals surface area contributed by atoms with Crippen LogP contribution in [0.25, 0.3) is 0 Å². The van der Waals surface area contributed by atoms with Crippen molar-refractivity contribution in [2.75, 3.05) is 0 Å². The number of carbonyl (C=O) groups is 2. The summed E-state index contributed by atoms with van der Waals surface area (Å²) >= 11 is 0. The molecule has 0 aliphatic heterocycles. The van der Waals surface area contributed by atoms with Crippen LogP contribution in [0.15, 0.2) is 0 Å². The average molecular weight is 157 g/mol. The van der Waals surface area contributed by atoms with Crippen LogP contribution in [0.1, 0.15) is 32.6 Å². The summed E-state index contributed by atoms with van der Waals surface area (Å²) < 4.78 is 0. The molecule has 0 aromatic carbocycles. The summed E-state index contributed by atoms with van der Waals surface area (Å²) in [5, 5.41) is 0. The van der Waals surface area contributed by atoms with Crippen LogP contribution in [-0.2, 0) is 9.59 Å². The van der Waals surface area contributed by atoms with E-state index in [4.69, 9.17) is 5.73 Å². The number of hydrogen-bond acceptors (Lipinski definition) is 3. The van der Waals surface area contributed by atoms with Crippen molar-refractivity contribution in [3.05, 3.63) is 0 Å². The highest BCUT2D eigenvalue weighted by atomic mass is 16.1. The van der Waals surface area contributed by atoms with Gasteiger partial charge >= 0.3 is 0 Å². The molecular weight excluding hydrogens is 142 g/mol. The Labute approximate surface area is 67.0 Å². The zero-order valence-corrected chi connectivity index (χ0v) is 6.88. The molecule has 0 heterocycles. The Morgan fingerprint density at radius 3 is 2.73 bits per heavy atom. The van der Waals surface area contributed by atoms with Gasteiger partial charge in [0.25, 0.3) is 0 Å². The van der Waals surface area contributed by atoms with Gasteiger partial charge in [0, 0.05) is 12.8 Å². The Morgan fingerprint density at radius 1 is 1.64 bits per heavy atom. The van der Waals surface area contributed by atoms with Crippen LogP contribution >= 0.6 is 0 Å². The number of ketones is 1. The van der Waals surface area contributed by atoms with E-state index in [-0.39, 0.29) is 11.8 Å². The van der Waals surface area contributed by atoms with E-state index in [1.165, 1.54) is 0 Å². The molecule has 2 N–H and O–H groups in total. The minimum atomic E-state index is -0.332. The maximum absolute atomic E-state index is 11.0. The fourth-order valence-corrected chi connectivity index (χ4v) is 0.773. The smallest absolute Gasteiger partial charge is 0.149 e. The van der Waals surface area contributed by atoms with E-state index in [0.717, 1.165) is 6.29 Å².